The van der Waals surface area contributed by atoms with E-state index in [0.29, 0.717) is 5.92 Å². The molecule has 0 radical (unpaired) electrons. The lowest BCUT2D eigenvalue weighted by atomic mass is 9.69. The summed E-state index contributed by atoms with van der Waals surface area (Å²) in [6, 6.07) is 0. The molecule has 3 nitrogen and oxygen atoms in total. The first kappa shape index (κ1) is 13.6. The van der Waals surface area contributed by atoms with E-state index in [1.165, 1.54) is 20.0 Å². The third-order valence-electron chi connectivity index (χ3n) is 4.98. The highest BCUT2D eigenvalue weighted by molar-refractivity contribution is 5.72. The Balaban J connectivity index is 1.76. The second kappa shape index (κ2) is 6.35. The second-order valence-corrected chi connectivity index (χ2v) is 5.95. The minimum atomic E-state index is -0.0295. The molecule has 0 spiro atoms. The molecule has 0 N–H and O–H groups in total. The molecule has 2 saturated carbocycles. The summed E-state index contributed by atoms with van der Waals surface area (Å²) in [4.78, 5) is 22.2. The van der Waals surface area contributed by atoms with Gasteiger partial charge in [0.05, 0.1) is 13.0 Å². The van der Waals surface area contributed by atoms with E-state index in [0.717, 1.165) is 56.6 Å². The monoisotopic (exact) mass is 252 g/mol. The van der Waals surface area contributed by atoms with Crippen LogP contribution in [-0.4, -0.2) is 19.4 Å². The zero-order chi connectivity index (χ0) is 13.0. The lowest BCUT2D eigenvalue weighted by Crippen LogP contribution is -2.29. The van der Waals surface area contributed by atoms with E-state index >= 15 is 0 Å². The number of rotatable bonds is 3. The van der Waals surface area contributed by atoms with Crippen LogP contribution in [0, 0.1) is 23.7 Å². The summed E-state index contributed by atoms with van der Waals surface area (Å²) >= 11 is 0. The van der Waals surface area contributed by atoms with Gasteiger partial charge < -0.3 is 9.53 Å². The molecule has 0 aliphatic heterocycles. The molecule has 0 heterocycles. The fourth-order valence-electron chi connectivity index (χ4n) is 3.75. The van der Waals surface area contributed by atoms with Crippen LogP contribution >= 0.6 is 0 Å². The van der Waals surface area contributed by atoms with Crippen molar-refractivity contribution in [1.82, 2.24) is 0 Å². The van der Waals surface area contributed by atoms with Crippen LogP contribution in [0.15, 0.2) is 0 Å². The molecule has 102 valence electrons. The molecule has 2 rings (SSSR count). The zero-order valence-electron chi connectivity index (χ0n) is 11.3. The number of esters is 1. The van der Waals surface area contributed by atoms with Crippen molar-refractivity contribution in [3.63, 3.8) is 0 Å². The Morgan fingerprint density at radius 2 is 1.44 bits per heavy atom. The fraction of sp³-hybridized carbons (Fsp3) is 0.867. The van der Waals surface area contributed by atoms with Crippen molar-refractivity contribution >= 4 is 12.3 Å². The molecule has 0 atom stereocenters. The molecule has 0 unspecified atom stereocenters. The van der Waals surface area contributed by atoms with E-state index in [9.17, 15) is 9.59 Å². The van der Waals surface area contributed by atoms with Crippen molar-refractivity contribution < 1.29 is 14.3 Å². The summed E-state index contributed by atoms with van der Waals surface area (Å²) in [5.74, 6) is 1.99. The maximum atomic E-state index is 11.5. The Morgan fingerprint density at radius 1 is 0.944 bits per heavy atom. The predicted molar refractivity (Wildman–Crippen MR) is 69.0 cm³/mol. The van der Waals surface area contributed by atoms with Crippen LogP contribution in [0.2, 0.25) is 0 Å². The van der Waals surface area contributed by atoms with Gasteiger partial charge in [-0.15, -0.1) is 0 Å². The van der Waals surface area contributed by atoms with Gasteiger partial charge in [-0.3, -0.25) is 4.79 Å². The molecule has 0 aromatic rings. The highest BCUT2D eigenvalue weighted by atomic mass is 16.5. The Morgan fingerprint density at radius 3 is 1.89 bits per heavy atom. The number of methoxy groups -OCH3 is 1. The van der Waals surface area contributed by atoms with Crippen LogP contribution in [0.5, 0.6) is 0 Å². The van der Waals surface area contributed by atoms with E-state index in [4.69, 9.17) is 4.74 Å². The van der Waals surface area contributed by atoms with E-state index in [-0.39, 0.29) is 11.9 Å². The van der Waals surface area contributed by atoms with Crippen molar-refractivity contribution in [1.29, 1.82) is 0 Å². The molecule has 2 fully saturated rings. The maximum Gasteiger partial charge on any atom is 0.308 e. The number of hydrogen-bond donors (Lipinski definition) is 0. The van der Waals surface area contributed by atoms with Crippen LogP contribution < -0.4 is 0 Å². The molecule has 0 bridgehead atoms. The van der Waals surface area contributed by atoms with Crippen LogP contribution in [0.4, 0.5) is 0 Å². The Kier molecular flexibility index (Phi) is 4.79. The molecule has 18 heavy (non-hydrogen) atoms. The van der Waals surface area contributed by atoms with Crippen molar-refractivity contribution in [2.75, 3.05) is 7.11 Å². The first-order valence-corrected chi connectivity index (χ1v) is 7.27. The Hall–Kier alpha value is -0.860. The average molecular weight is 252 g/mol. The lowest BCUT2D eigenvalue weighted by Gasteiger charge is -2.36. The van der Waals surface area contributed by atoms with Gasteiger partial charge in [0.1, 0.15) is 6.29 Å². The number of carbonyl (C=O) groups is 2. The Bertz CT molecular complexity index is 284. The van der Waals surface area contributed by atoms with Crippen molar-refractivity contribution in [3.8, 4) is 0 Å². The van der Waals surface area contributed by atoms with Crippen LogP contribution in [0.25, 0.3) is 0 Å². The molecule has 3 heteroatoms. The largest absolute Gasteiger partial charge is 0.469 e. The van der Waals surface area contributed by atoms with Gasteiger partial charge in [0, 0.05) is 5.92 Å². The van der Waals surface area contributed by atoms with Crippen LogP contribution in [0.3, 0.4) is 0 Å². The summed E-state index contributed by atoms with van der Waals surface area (Å²) in [5, 5.41) is 0. The van der Waals surface area contributed by atoms with Crippen LogP contribution in [0.1, 0.15) is 51.4 Å². The quantitative estimate of drug-likeness (QED) is 0.573. The topological polar surface area (TPSA) is 43.4 Å². The lowest BCUT2D eigenvalue weighted by molar-refractivity contribution is -0.147. The van der Waals surface area contributed by atoms with Gasteiger partial charge in [-0.25, -0.2) is 0 Å². The molecule has 0 amide bonds. The van der Waals surface area contributed by atoms with Crippen molar-refractivity contribution in [2.45, 2.75) is 51.4 Å². The predicted octanol–water partition coefficient (Wildman–Crippen LogP) is 2.97. The molecular weight excluding hydrogens is 228 g/mol. The Labute approximate surface area is 109 Å². The van der Waals surface area contributed by atoms with Gasteiger partial charge in [0.15, 0.2) is 0 Å². The van der Waals surface area contributed by atoms with Crippen LogP contribution in [-0.2, 0) is 14.3 Å². The summed E-state index contributed by atoms with van der Waals surface area (Å²) in [5.41, 5.74) is 0. The zero-order valence-corrected chi connectivity index (χ0v) is 11.3. The van der Waals surface area contributed by atoms with Gasteiger partial charge in [0.25, 0.3) is 0 Å². The first-order chi connectivity index (χ1) is 8.74. The summed E-state index contributed by atoms with van der Waals surface area (Å²) < 4.78 is 4.82. The maximum absolute atomic E-state index is 11.5. The number of hydrogen-bond acceptors (Lipinski definition) is 3. The smallest absolute Gasteiger partial charge is 0.308 e. The summed E-state index contributed by atoms with van der Waals surface area (Å²) in [6.07, 6.45) is 10.00. The van der Waals surface area contributed by atoms with Gasteiger partial charge in [-0.1, -0.05) is 0 Å². The van der Waals surface area contributed by atoms with Gasteiger partial charge in [0.2, 0.25) is 0 Å². The molecular formula is C15H24O3. The first-order valence-electron chi connectivity index (χ1n) is 7.27. The minimum absolute atomic E-state index is 0.0295. The third kappa shape index (κ3) is 3.12. The van der Waals surface area contributed by atoms with Crippen molar-refractivity contribution in [3.05, 3.63) is 0 Å². The SMILES string of the molecule is COC(=O)[C@H]1CC[C@H]([C@H]2CC[C@H](C=O)CC2)CC1. The fourth-order valence-corrected chi connectivity index (χ4v) is 3.75. The highest BCUT2D eigenvalue weighted by Gasteiger charge is 2.33. The molecule has 2 aliphatic carbocycles. The standard InChI is InChI=1S/C15H24O3/c1-18-15(17)14-8-6-13(7-9-14)12-4-2-11(10-16)3-5-12/h10-14H,2-9H2,1H3/t11-,12-,13-,14-. The molecule has 0 aromatic carbocycles. The van der Waals surface area contributed by atoms with Crippen molar-refractivity contribution in [2.24, 2.45) is 23.7 Å². The third-order valence-corrected chi connectivity index (χ3v) is 4.98. The molecule has 2 aliphatic rings. The number of carbonyl (C=O) groups excluding carboxylic acids is 2. The summed E-state index contributed by atoms with van der Waals surface area (Å²) in [6.45, 7) is 0. The van der Waals surface area contributed by atoms with E-state index in [1.807, 2.05) is 0 Å². The van der Waals surface area contributed by atoms with E-state index in [1.54, 1.807) is 0 Å². The van der Waals surface area contributed by atoms with Gasteiger partial charge in [-0.05, 0) is 63.2 Å². The van der Waals surface area contributed by atoms with Gasteiger partial charge in [-0.2, -0.15) is 0 Å². The minimum Gasteiger partial charge on any atom is -0.469 e. The second-order valence-electron chi connectivity index (χ2n) is 5.95. The van der Waals surface area contributed by atoms with Gasteiger partial charge >= 0.3 is 5.97 Å². The normalized spacial score (nSPS) is 36.9. The average Bonchev–Trinajstić information content (AvgIpc) is 2.47. The number of ether oxygens (including phenoxy) is 1. The van der Waals surface area contributed by atoms with E-state index < -0.39 is 0 Å². The highest BCUT2D eigenvalue weighted by Crippen LogP contribution is 2.41. The molecule has 0 aromatic heterocycles. The van der Waals surface area contributed by atoms with E-state index in [2.05, 4.69) is 0 Å². The summed E-state index contributed by atoms with van der Waals surface area (Å²) in [7, 11) is 1.48. The number of aldehydes is 1. The molecule has 0 saturated heterocycles.